The van der Waals surface area contributed by atoms with Crippen molar-refractivity contribution in [3.8, 4) is 0 Å². The van der Waals surface area contributed by atoms with E-state index in [-0.39, 0.29) is 24.1 Å². The molecule has 4 nitrogen and oxygen atoms in total. The molecule has 0 bridgehead atoms. The molecule has 3 unspecified atom stereocenters. The fraction of sp³-hybridized carbons (Fsp3) is 0.562. The van der Waals surface area contributed by atoms with Gasteiger partial charge in [0.2, 0.25) is 5.91 Å². The Bertz CT molecular complexity index is 478. The standard InChI is InChI=1S/C16H23ClN2O2/c1-11(13-5-7-14(17)8-6-13)18-16(21)12(2)19-9-3-4-15(20)10-19/h5-8,11-12,15,20H,3-4,9-10H2,1-2H3,(H,18,21). The predicted octanol–water partition coefficient (Wildman–Crippen LogP) is 2.36. The van der Waals surface area contributed by atoms with E-state index in [2.05, 4.69) is 5.32 Å². The lowest BCUT2D eigenvalue weighted by Gasteiger charge is -2.34. The minimum atomic E-state index is -0.317. The van der Waals surface area contributed by atoms with E-state index in [1.54, 1.807) is 0 Å². The van der Waals surface area contributed by atoms with Gasteiger partial charge in [-0.15, -0.1) is 0 Å². The Morgan fingerprint density at radius 3 is 2.67 bits per heavy atom. The number of nitrogens with one attached hydrogen (secondary N) is 1. The number of carbonyl (C=O) groups excluding carboxylic acids is 1. The molecule has 0 saturated carbocycles. The third-order valence-corrected chi connectivity index (χ3v) is 4.34. The summed E-state index contributed by atoms with van der Waals surface area (Å²) >= 11 is 5.87. The zero-order chi connectivity index (χ0) is 15.4. The molecule has 5 heteroatoms. The zero-order valence-corrected chi connectivity index (χ0v) is 13.3. The molecule has 1 aliphatic heterocycles. The Morgan fingerprint density at radius 2 is 2.05 bits per heavy atom. The summed E-state index contributed by atoms with van der Waals surface area (Å²) in [5, 5.41) is 13.4. The molecule has 3 atom stereocenters. The second-order valence-electron chi connectivity index (χ2n) is 5.75. The highest BCUT2D eigenvalue weighted by Crippen LogP contribution is 2.17. The minimum Gasteiger partial charge on any atom is -0.392 e. The molecule has 2 rings (SSSR count). The quantitative estimate of drug-likeness (QED) is 0.897. The molecule has 116 valence electrons. The highest BCUT2D eigenvalue weighted by Gasteiger charge is 2.27. The van der Waals surface area contributed by atoms with E-state index in [0.717, 1.165) is 24.9 Å². The number of nitrogens with zero attached hydrogens (tertiary/aromatic N) is 1. The summed E-state index contributed by atoms with van der Waals surface area (Å²) in [7, 11) is 0. The zero-order valence-electron chi connectivity index (χ0n) is 12.6. The maximum Gasteiger partial charge on any atom is 0.237 e. The van der Waals surface area contributed by atoms with Crippen molar-refractivity contribution in [3.63, 3.8) is 0 Å². The number of rotatable bonds is 4. The number of aliphatic hydroxyl groups is 1. The van der Waals surface area contributed by atoms with Gasteiger partial charge in [-0.05, 0) is 50.9 Å². The van der Waals surface area contributed by atoms with Crippen LogP contribution >= 0.6 is 11.6 Å². The molecule has 1 aliphatic rings. The number of hydrogen-bond donors (Lipinski definition) is 2. The van der Waals surface area contributed by atoms with Crippen molar-refractivity contribution < 1.29 is 9.90 Å². The average molecular weight is 311 g/mol. The van der Waals surface area contributed by atoms with Crippen LogP contribution in [0.2, 0.25) is 5.02 Å². The fourth-order valence-electron chi connectivity index (χ4n) is 2.67. The molecule has 0 radical (unpaired) electrons. The Hall–Kier alpha value is -1.10. The van der Waals surface area contributed by atoms with E-state index in [1.165, 1.54) is 0 Å². The second-order valence-corrected chi connectivity index (χ2v) is 6.19. The topological polar surface area (TPSA) is 52.6 Å². The van der Waals surface area contributed by atoms with E-state index in [1.807, 2.05) is 43.0 Å². The van der Waals surface area contributed by atoms with E-state index in [0.29, 0.717) is 11.6 Å². The first-order chi connectivity index (χ1) is 9.97. The molecule has 1 saturated heterocycles. The Kier molecular flexibility index (Phi) is 5.62. The molecule has 1 heterocycles. The highest BCUT2D eigenvalue weighted by molar-refractivity contribution is 6.30. The van der Waals surface area contributed by atoms with Gasteiger partial charge < -0.3 is 10.4 Å². The third kappa shape index (κ3) is 4.43. The van der Waals surface area contributed by atoms with E-state index in [4.69, 9.17) is 11.6 Å². The number of amides is 1. The molecule has 1 amide bonds. The van der Waals surface area contributed by atoms with E-state index in [9.17, 15) is 9.90 Å². The average Bonchev–Trinajstić information content (AvgIpc) is 2.47. The molecule has 1 aromatic carbocycles. The van der Waals surface area contributed by atoms with Gasteiger partial charge in [0.15, 0.2) is 0 Å². The van der Waals surface area contributed by atoms with E-state index < -0.39 is 0 Å². The van der Waals surface area contributed by atoms with Crippen LogP contribution in [0.1, 0.15) is 38.3 Å². The number of β-amino-alcohol motifs (C(OH)–C–C–N with tert-alkyl or cyclic N) is 1. The summed E-state index contributed by atoms with van der Waals surface area (Å²) in [5.41, 5.74) is 1.03. The van der Waals surface area contributed by atoms with Gasteiger partial charge in [-0.25, -0.2) is 0 Å². The first-order valence-corrected chi connectivity index (χ1v) is 7.83. The summed E-state index contributed by atoms with van der Waals surface area (Å²) in [5.74, 6) is -0.00782. The number of piperidine rings is 1. The van der Waals surface area contributed by atoms with Gasteiger partial charge in [0.25, 0.3) is 0 Å². The second kappa shape index (κ2) is 7.25. The normalized spacial score (nSPS) is 22.6. The van der Waals surface area contributed by atoms with Gasteiger partial charge in [-0.1, -0.05) is 23.7 Å². The molecular weight excluding hydrogens is 288 g/mol. The number of halogens is 1. The number of carbonyl (C=O) groups is 1. The predicted molar refractivity (Wildman–Crippen MR) is 84.3 cm³/mol. The number of aliphatic hydroxyl groups excluding tert-OH is 1. The van der Waals surface area contributed by atoms with Crippen molar-refractivity contribution in [2.75, 3.05) is 13.1 Å². The van der Waals surface area contributed by atoms with Gasteiger partial charge in [-0.2, -0.15) is 0 Å². The number of hydrogen-bond acceptors (Lipinski definition) is 3. The summed E-state index contributed by atoms with van der Waals surface area (Å²) in [4.78, 5) is 14.4. The van der Waals surface area contributed by atoms with Crippen LogP contribution < -0.4 is 5.32 Å². The van der Waals surface area contributed by atoms with Gasteiger partial charge in [-0.3, -0.25) is 9.69 Å². The fourth-order valence-corrected chi connectivity index (χ4v) is 2.80. The maximum absolute atomic E-state index is 12.3. The number of benzene rings is 1. The lowest BCUT2D eigenvalue weighted by Crippen LogP contribution is -2.50. The largest absolute Gasteiger partial charge is 0.392 e. The Labute approximate surface area is 131 Å². The molecule has 0 aromatic heterocycles. The molecule has 1 aromatic rings. The molecular formula is C16H23ClN2O2. The molecule has 0 aliphatic carbocycles. The molecule has 21 heavy (non-hydrogen) atoms. The third-order valence-electron chi connectivity index (χ3n) is 4.08. The highest BCUT2D eigenvalue weighted by atomic mass is 35.5. The monoisotopic (exact) mass is 310 g/mol. The van der Waals surface area contributed by atoms with Crippen LogP contribution in [-0.2, 0) is 4.79 Å². The maximum atomic E-state index is 12.3. The summed E-state index contributed by atoms with van der Waals surface area (Å²) in [6, 6.07) is 7.20. The van der Waals surface area contributed by atoms with Crippen LogP contribution in [0.4, 0.5) is 0 Å². The summed E-state index contributed by atoms with van der Waals surface area (Å²) in [6.07, 6.45) is 1.44. The minimum absolute atomic E-state index is 0.00782. The molecule has 2 N–H and O–H groups in total. The first-order valence-electron chi connectivity index (χ1n) is 7.45. The van der Waals surface area contributed by atoms with Gasteiger partial charge >= 0.3 is 0 Å². The van der Waals surface area contributed by atoms with Crippen LogP contribution in [0, 0.1) is 0 Å². The van der Waals surface area contributed by atoms with Gasteiger partial charge in [0.05, 0.1) is 18.2 Å². The van der Waals surface area contributed by atoms with Crippen LogP contribution in [0.15, 0.2) is 24.3 Å². The van der Waals surface area contributed by atoms with Crippen molar-refractivity contribution in [1.82, 2.24) is 10.2 Å². The van der Waals surface area contributed by atoms with Gasteiger partial charge in [0.1, 0.15) is 0 Å². The van der Waals surface area contributed by atoms with Crippen molar-refractivity contribution in [2.24, 2.45) is 0 Å². The van der Waals surface area contributed by atoms with Crippen LogP contribution in [0.5, 0.6) is 0 Å². The van der Waals surface area contributed by atoms with Crippen LogP contribution in [0.25, 0.3) is 0 Å². The van der Waals surface area contributed by atoms with Gasteiger partial charge in [0, 0.05) is 11.6 Å². The van der Waals surface area contributed by atoms with E-state index >= 15 is 0 Å². The molecule has 1 fully saturated rings. The lowest BCUT2D eigenvalue weighted by atomic mass is 10.1. The summed E-state index contributed by atoms with van der Waals surface area (Å²) in [6.45, 7) is 5.28. The Balaban J connectivity index is 1.92. The van der Waals surface area contributed by atoms with Crippen LogP contribution in [0.3, 0.4) is 0 Å². The van der Waals surface area contributed by atoms with Crippen molar-refractivity contribution >= 4 is 17.5 Å². The van der Waals surface area contributed by atoms with Crippen molar-refractivity contribution in [2.45, 2.75) is 44.9 Å². The van der Waals surface area contributed by atoms with Crippen molar-refractivity contribution in [1.29, 1.82) is 0 Å². The summed E-state index contributed by atoms with van der Waals surface area (Å²) < 4.78 is 0. The number of likely N-dealkylation sites (tertiary alicyclic amines) is 1. The molecule has 0 spiro atoms. The van der Waals surface area contributed by atoms with Crippen LogP contribution in [-0.4, -0.2) is 41.1 Å². The smallest absolute Gasteiger partial charge is 0.237 e. The Morgan fingerprint density at radius 1 is 1.38 bits per heavy atom. The van der Waals surface area contributed by atoms with Crippen molar-refractivity contribution in [3.05, 3.63) is 34.9 Å². The lowest BCUT2D eigenvalue weighted by molar-refractivity contribution is -0.127. The first kappa shape index (κ1) is 16.3. The SMILES string of the molecule is CC(NC(=O)C(C)N1CCCC(O)C1)c1ccc(Cl)cc1.